The molecule has 0 fully saturated rings. The van der Waals surface area contributed by atoms with Crippen molar-refractivity contribution in [2.75, 3.05) is 6.54 Å². The van der Waals surface area contributed by atoms with Crippen molar-refractivity contribution >= 4 is 35.0 Å². The van der Waals surface area contributed by atoms with Crippen molar-refractivity contribution in [1.29, 1.82) is 0 Å². The Morgan fingerprint density at radius 3 is 2.00 bits per heavy atom. The number of para-hydroxylation sites is 1. The molecule has 1 aliphatic heterocycles. The molecule has 268 valence electrons. The summed E-state index contributed by atoms with van der Waals surface area (Å²) in [7, 11) is 0. The van der Waals surface area contributed by atoms with E-state index in [0.29, 0.717) is 12.3 Å². The number of alkyl halides is 6. The van der Waals surface area contributed by atoms with E-state index in [1.807, 2.05) is 24.3 Å². The van der Waals surface area contributed by atoms with Gasteiger partial charge in [-0.15, -0.1) is 0 Å². The quantitative estimate of drug-likeness (QED) is 0.0892. The second-order valence-electron chi connectivity index (χ2n) is 10.9. The number of nitrogens with one attached hydrogen (secondary N) is 1. The number of carboxylic acids is 2. The van der Waals surface area contributed by atoms with Crippen molar-refractivity contribution in [3.8, 4) is 16.9 Å². The molecule has 0 spiro atoms. The van der Waals surface area contributed by atoms with Crippen LogP contribution in [0.1, 0.15) is 42.8 Å². The summed E-state index contributed by atoms with van der Waals surface area (Å²) in [5.74, 6) is -3.17. The van der Waals surface area contributed by atoms with Crippen LogP contribution < -0.4 is 10.1 Å². The summed E-state index contributed by atoms with van der Waals surface area (Å²) in [5, 5.41) is 26.7. The number of hydrogen-bond acceptors (Lipinski definition) is 7. The van der Waals surface area contributed by atoms with Gasteiger partial charge < -0.3 is 29.9 Å². The number of aliphatic carboxylic acids is 2. The van der Waals surface area contributed by atoms with Crippen LogP contribution in [-0.2, 0) is 22.6 Å². The van der Waals surface area contributed by atoms with Gasteiger partial charge in [-0.05, 0) is 55.2 Å². The van der Waals surface area contributed by atoms with Crippen LogP contribution in [0.15, 0.2) is 65.7 Å². The Balaban J connectivity index is 0.000000408. The largest absolute Gasteiger partial charge is 0.511 e. The number of nitrogens with zero attached hydrogens (tertiary/aromatic N) is 3. The summed E-state index contributed by atoms with van der Waals surface area (Å²) in [4.78, 5) is 38.6. The van der Waals surface area contributed by atoms with E-state index in [0.717, 1.165) is 69.9 Å². The molecule has 11 nitrogen and oxygen atoms in total. The van der Waals surface area contributed by atoms with Gasteiger partial charge in [0.1, 0.15) is 17.4 Å². The number of aryl methyl sites for hydroxylation is 2. The van der Waals surface area contributed by atoms with Gasteiger partial charge in [0.05, 0.1) is 17.1 Å². The zero-order valence-corrected chi connectivity index (χ0v) is 26.8. The minimum Gasteiger partial charge on any atom is -0.475 e. The molecule has 0 radical (unpaired) electrons. The van der Waals surface area contributed by atoms with E-state index < -0.39 is 30.4 Å². The van der Waals surface area contributed by atoms with Gasteiger partial charge >= 0.3 is 30.4 Å². The number of carboxylic acid groups (broad SMARTS) is 3. The first kappa shape index (κ1) is 38.8. The number of benzene rings is 3. The normalized spacial score (nSPS) is 14.0. The standard InChI is InChI=1S/C29H30N4O3.2C2HF3O2/c1-4-7-26-32-27-18(2)14-22(28-30-16-19(3)31-28)15-24(27)33(26)17-20-10-12-21(13-11-20)23-8-5-6-9-25(23)36-29(34)35;2*3-2(4,5)1(6)7/h5-6,8-15,19H,4,7,16-17H2,1-3H3,(H,30,31)(H,34,35);2*(H,6,7). The molecule has 4 N–H and O–H groups in total. The third-order valence-electron chi connectivity index (χ3n) is 6.96. The van der Waals surface area contributed by atoms with Crippen LogP contribution in [0.5, 0.6) is 5.75 Å². The molecule has 5 rings (SSSR count). The zero-order valence-electron chi connectivity index (χ0n) is 26.8. The molecule has 0 saturated heterocycles. The van der Waals surface area contributed by atoms with Crippen LogP contribution in [-0.4, -0.2) is 73.7 Å². The number of imidazole rings is 1. The summed E-state index contributed by atoms with van der Waals surface area (Å²) in [6, 6.07) is 20.0. The zero-order chi connectivity index (χ0) is 37.4. The minimum atomic E-state index is -5.08. The summed E-state index contributed by atoms with van der Waals surface area (Å²) in [6.07, 6.45) is -9.57. The molecule has 1 unspecified atom stereocenters. The monoisotopic (exact) mass is 710 g/mol. The topological polar surface area (TPSA) is 163 Å². The van der Waals surface area contributed by atoms with Crippen molar-refractivity contribution in [3.63, 3.8) is 0 Å². The second kappa shape index (κ2) is 16.2. The highest BCUT2D eigenvalue weighted by molar-refractivity contribution is 6.03. The Kier molecular flexibility index (Phi) is 12.6. The molecule has 3 aromatic carbocycles. The number of ether oxygens (including phenoxy) is 1. The summed E-state index contributed by atoms with van der Waals surface area (Å²) in [6.45, 7) is 7.96. The predicted molar refractivity (Wildman–Crippen MR) is 169 cm³/mol. The van der Waals surface area contributed by atoms with Crippen molar-refractivity contribution in [2.24, 2.45) is 4.99 Å². The molecule has 50 heavy (non-hydrogen) atoms. The van der Waals surface area contributed by atoms with Crippen LogP contribution in [0.2, 0.25) is 0 Å². The van der Waals surface area contributed by atoms with E-state index >= 15 is 0 Å². The van der Waals surface area contributed by atoms with Crippen LogP contribution in [0.25, 0.3) is 22.2 Å². The van der Waals surface area contributed by atoms with Gasteiger partial charge in [0.2, 0.25) is 0 Å². The Morgan fingerprint density at radius 2 is 1.50 bits per heavy atom. The summed E-state index contributed by atoms with van der Waals surface area (Å²) in [5.41, 5.74) is 7.17. The molecule has 1 aliphatic rings. The van der Waals surface area contributed by atoms with Gasteiger partial charge in [-0.1, -0.05) is 49.4 Å². The molecule has 2 heterocycles. The molecule has 0 saturated carbocycles. The van der Waals surface area contributed by atoms with Crippen LogP contribution >= 0.6 is 0 Å². The van der Waals surface area contributed by atoms with Gasteiger partial charge in [0.15, 0.2) is 0 Å². The fourth-order valence-electron chi connectivity index (χ4n) is 4.76. The maximum atomic E-state index is 11.1. The van der Waals surface area contributed by atoms with E-state index in [4.69, 9.17) is 39.6 Å². The highest BCUT2D eigenvalue weighted by Gasteiger charge is 2.38. The Hall–Kier alpha value is -5.61. The molecule has 1 aromatic heterocycles. The molecule has 17 heteroatoms. The second-order valence-corrected chi connectivity index (χ2v) is 10.9. The number of halogens is 6. The van der Waals surface area contributed by atoms with Crippen molar-refractivity contribution in [3.05, 3.63) is 83.2 Å². The average molecular weight is 711 g/mol. The van der Waals surface area contributed by atoms with Crippen molar-refractivity contribution < 1.29 is 60.8 Å². The first-order chi connectivity index (χ1) is 23.3. The van der Waals surface area contributed by atoms with E-state index in [1.54, 1.807) is 12.1 Å². The highest BCUT2D eigenvalue weighted by Crippen LogP contribution is 2.31. The molecule has 0 aliphatic carbocycles. The maximum absolute atomic E-state index is 11.1. The van der Waals surface area contributed by atoms with Crippen LogP contribution in [0.4, 0.5) is 31.1 Å². The minimum absolute atomic E-state index is 0.279. The third-order valence-corrected chi connectivity index (χ3v) is 6.96. The molecule has 0 amide bonds. The summed E-state index contributed by atoms with van der Waals surface area (Å²) >= 11 is 0. The average Bonchev–Trinajstić information content (AvgIpc) is 3.61. The lowest BCUT2D eigenvalue weighted by Crippen LogP contribution is -2.21. The number of rotatable bonds is 7. The lowest BCUT2D eigenvalue weighted by molar-refractivity contribution is -0.193. The molecule has 1 atom stereocenters. The lowest BCUT2D eigenvalue weighted by atomic mass is 10.0. The summed E-state index contributed by atoms with van der Waals surface area (Å²) < 4.78 is 70.7. The predicted octanol–water partition coefficient (Wildman–Crippen LogP) is 7.07. The van der Waals surface area contributed by atoms with Gasteiger partial charge in [0, 0.05) is 30.6 Å². The van der Waals surface area contributed by atoms with E-state index in [2.05, 4.69) is 54.9 Å². The molecule has 0 bridgehead atoms. The number of carbonyl (C=O) groups is 3. The number of aliphatic imine (C=N–C) groups is 1. The van der Waals surface area contributed by atoms with Gasteiger partial charge in [-0.3, -0.25) is 4.99 Å². The fourth-order valence-corrected chi connectivity index (χ4v) is 4.76. The van der Waals surface area contributed by atoms with E-state index in [9.17, 15) is 31.1 Å². The maximum Gasteiger partial charge on any atom is 0.511 e. The third kappa shape index (κ3) is 10.4. The Bertz CT molecular complexity index is 1850. The van der Waals surface area contributed by atoms with Crippen molar-refractivity contribution in [1.82, 2.24) is 14.9 Å². The van der Waals surface area contributed by atoms with Crippen LogP contribution in [0, 0.1) is 6.92 Å². The SMILES string of the molecule is CCCc1nc2c(C)cc(C3=NC(C)CN3)cc2n1Cc1ccc(-c2ccccc2OC(=O)O)cc1.O=C(O)C(F)(F)F.O=C(O)C(F)(F)F. The fraction of sp³-hybridized carbons (Fsp3) is 0.303. The van der Waals surface area contributed by atoms with E-state index in [-0.39, 0.29) is 6.04 Å². The number of hydrogen-bond donors (Lipinski definition) is 4. The molecular formula is C33H32F6N4O7. The Morgan fingerprint density at radius 1 is 0.920 bits per heavy atom. The van der Waals surface area contributed by atoms with E-state index in [1.165, 1.54) is 0 Å². The van der Waals surface area contributed by atoms with Crippen LogP contribution in [0.3, 0.4) is 0 Å². The number of aromatic nitrogens is 2. The molecule has 4 aromatic rings. The smallest absolute Gasteiger partial charge is 0.475 e. The highest BCUT2D eigenvalue weighted by atomic mass is 19.4. The number of fused-ring (bicyclic) bond motifs is 1. The Labute approximate surface area is 280 Å². The van der Waals surface area contributed by atoms with Gasteiger partial charge in [-0.2, -0.15) is 26.3 Å². The first-order valence-corrected chi connectivity index (χ1v) is 14.8. The molecular weight excluding hydrogens is 678 g/mol. The van der Waals surface area contributed by atoms with Gasteiger partial charge in [0.25, 0.3) is 0 Å². The first-order valence-electron chi connectivity index (χ1n) is 14.8. The van der Waals surface area contributed by atoms with Crippen molar-refractivity contribution in [2.45, 2.75) is 58.6 Å². The number of amidine groups is 1. The van der Waals surface area contributed by atoms with Gasteiger partial charge in [-0.25, -0.2) is 19.4 Å². The lowest BCUT2D eigenvalue weighted by Gasteiger charge is -2.12.